The molecule has 0 bridgehead atoms. The van der Waals surface area contributed by atoms with Crippen molar-refractivity contribution in [2.24, 2.45) is 5.92 Å². The van der Waals surface area contributed by atoms with Gasteiger partial charge in [0.1, 0.15) is 11.4 Å². The van der Waals surface area contributed by atoms with E-state index in [0.717, 1.165) is 30.4 Å². The van der Waals surface area contributed by atoms with Crippen molar-refractivity contribution in [1.82, 2.24) is 9.80 Å². The zero-order valence-corrected chi connectivity index (χ0v) is 18.5. The van der Waals surface area contributed by atoms with E-state index in [9.17, 15) is 19.5 Å². The van der Waals surface area contributed by atoms with Crippen molar-refractivity contribution in [1.29, 1.82) is 0 Å². The number of nitrogens with zero attached hydrogens (tertiary/aromatic N) is 2. The van der Waals surface area contributed by atoms with Gasteiger partial charge in [0.15, 0.2) is 0 Å². The molecule has 1 aliphatic heterocycles. The van der Waals surface area contributed by atoms with Crippen LogP contribution in [0, 0.1) is 5.92 Å². The molecular formula is C26H28N2O5. The van der Waals surface area contributed by atoms with Gasteiger partial charge in [0.2, 0.25) is 0 Å². The van der Waals surface area contributed by atoms with Crippen molar-refractivity contribution in [3.8, 4) is 16.9 Å². The molecule has 2 aliphatic carbocycles. The second-order valence-electron chi connectivity index (χ2n) is 9.27. The SMILES string of the molecule is O=C(Oc1cccc(-c2ccc(C(=O)N3CCN(C(=O)C4(O)CC4)CC3)cc2)c1)C1CCC1. The summed E-state index contributed by atoms with van der Waals surface area (Å²) >= 11 is 0. The third-order valence-electron chi connectivity index (χ3n) is 6.93. The Labute approximate surface area is 192 Å². The molecule has 2 aromatic carbocycles. The number of aliphatic hydroxyl groups is 1. The monoisotopic (exact) mass is 448 g/mol. The number of esters is 1. The quantitative estimate of drug-likeness (QED) is 0.562. The van der Waals surface area contributed by atoms with Gasteiger partial charge in [0.05, 0.1) is 5.92 Å². The van der Waals surface area contributed by atoms with Crippen molar-refractivity contribution in [3.05, 3.63) is 54.1 Å². The number of benzene rings is 2. The van der Waals surface area contributed by atoms with Crippen LogP contribution in [0.15, 0.2) is 48.5 Å². The van der Waals surface area contributed by atoms with Crippen molar-refractivity contribution >= 4 is 17.8 Å². The van der Waals surface area contributed by atoms with Crippen molar-refractivity contribution in [3.63, 3.8) is 0 Å². The first-order valence-corrected chi connectivity index (χ1v) is 11.7. The van der Waals surface area contributed by atoms with Gasteiger partial charge in [-0.25, -0.2) is 0 Å². The van der Waals surface area contributed by atoms with Gasteiger partial charge in [-0.2, -0.15) is 0 Å². The molecule has 0 aromatic heterocycles. The summed E-state index contributed by atoms with van der Waals surface area (Å²) in [6, 6.07) is 14.8. The lowest BCUT2D eigenvalue weighted by Gasteiger charge is -2.35. The highest BCUT2D eigenvalue weighted by molar-refractivity contribution is 5.95. The molecule has 0 atom stereocenters. The van der Waals surface area contributed by atoms with E-state index in [1.165, 1.54) is 0 Å². The summed E-state index contributed by atoms with van der Waals surface area (Å²) in [5.74, 6) is 0.124. The zero-order valence-electron chi connectivity index (χ0n) is 18.5. The number of amides is 2. The number of hydrogen-bond donors (Lipinski definition) is 1. The molecule has 1 N–H and O–H groups in total. The number of piperazine rings is 1. The zero-order chi connectivity index (χ0) is 23.0. The van der Waals surface area contributed by atoms with Gasteiger partial charge in [-0.05, 0) is 61.1 Å². The minimum Gasteiger partial charge on any atom is -0.426 e. The van der Waals surface area contributed by atoms with Gasteiger partial charge >= 0.3 is 5.97 Å². The minimum absolute atomic E-state index is 0.0254. The van der Waals surface area contributed by atoms with Crippen LogP contribution in [0.1, 0.15) is 42.5 Å². The Hall–Kier alpha value is -3.19. The van der Waals surface area contributed by atoms with Crippen LogP contribution < -0.4 is 4.74 Å². The van der Waals surface area contributed by atoms with Crippen LogP contribution in [0.4, 0.5) is 0 Å². The molecule has 0 spiro atoms. The molecule has 5 rings (SSSR count). The van der Waals surface area contributed by atoms with E-state index in [1.807, 2.05) is 30.3 Å². The third-order valence-corrected chi connectivity index (χ3v) is 6.93. The molecule has 1 saturated heterocycles. The Kier molecular flexibility index (Phi) is 5.66. The molecular weight excluding hydrogens is 420 g/mol. The van der Waals surface area contributed by atoms with E-state index in [4.69, 9.17) is 4.74 Å². The number of ether oxygens (including phenoxy) is 1. The first-order valence-electron chi connectivity index (χ1n) is 11.7. The Morgan fingerprint density at radius 2 is 1.55 bits per heavy atom. The summed E-state index contributed by atoms with van der Waals surface area (Å²) in [7, 11) is 0. The molecule has 2 aromatic rings. The van der Waals surface area contributed by atoms with Gasteiger partial charge in [-0.3, -0.25) is 14.4 Å². The van der Waals surface area contributed by atoms with Gasteiger partial charge < -0.3 is 19.6 Å². The van der Waals surface area contributed by atoms with Crippen LogP contribution >= 0.6 is 0 Å². The second kappa shape index (κ2) is 8.63. The summed E-state index contributed by atoms with van der Waals surface area (Å²) in [5, 5.41) is 10.0. The first-order chi connectivity index (χ1) is 15.9. The van der Waals surface area contributed by atoms with Crippen LogP contribution in [-0.2, 0) is 9.59 Å². The van der Waals surface area contributed by atoms with Gasteiger partial charge in [-0.15, -0.1) is 0 Å². The Morgan fingerprint density at radius 1 is 0.879 bits per heavy atom. The summed E-state index contributed by atoms with van der Waals surface area (Å²) in [6.45, 7) is 1.79. The Morgan fingerprint density at radius 3 is 2.15 bits per heavy atom. The fourth-order valence-corrected chi connectivity index (χ4v) is 4.31. The lowest BCUT2D eigenvalue weighted by atomic mass is 9.86. The number of carbonyl (C=O) groups excluding carboxylic acids is 3. The van der Waals surface area contributed by atoms with E-state index in [-0.39, 0.29) is 23.7 Å². The van der Waals surface area contributed by atoms with Gasteiger partial charge in [-0.1, -0.05) is 30.7 Å². The van der Waals surface area contributed by atoms with Crippen LogP contribution in [0.3, 0.4) is 0 Å². The maximum Gasteiger partial charge on any atom is 0.314 e. The van der Waals surface area contributed by atoms with Crippen LogP contribution in [-0.4, -0.2) is 64.5 Å². The maximum absolute atomic E-state index is 12.9. The summed E-state index contributed by atoms with van der Waals surface area (Å²) in [5.41, 5.74) is 1.28. The molecule has 0 radical (unpaired) electrons. The van der Waals surface area contributed by atoms with Crippen molar-refractivity contribution in [2.75, 3.05) is 26.2 Å². The fraction of sp³-hybridized carbons (Fsp3) is 0.423. The second-order valence-corrected chi connectivity index (χ2v) is 9.27. The topological polar surface area (TPSA) is 87.2 Å². The summed E-state index contributed by atoms with van der Waals surface area (Å²) < 4.78 is 5.53. The first kappa shape index (κ1) is 21.6. The lowest BCUT2D eigenvalue weighted by molar-refractivity contribution is -0.144. The number of rotatable bonds is 5. The lowest BCUT2D eigenvalue weighted by Crippen LogP contribution is -2.53. The molecule has 1 heterocycles. The maximum atomic E-state index is 12.9. The highest BCUT2D eigenvalue weighted by Gasteiger charge is 2.50. The molecule has 172 valence electrons. The average molecular weight is 449 g/mol. The highest BCUT2D eigenvalue weighted by atomic mass is 16.5. The molecule has 2 amide bonds. The predicted molar refractivity (Wildman–Crippen MR) is 122 cm³/mol. The Bertz CT molecular complexity index is 1060. The average Bonchev–Trinajstić information content (AvgIpc) is 3.56. The normalized spacial score (nSPS) is 19.5. The molecule has 33 heavy (non-hydrogen) atoms. The van der Waals surface area contributed by atoms with Crippen LogP contribution in [0.25, 0.3) is 11.1 Å². The van der Waals surface area contributed by atoms with Gasteiger partial charge in [0, 0.05) is 31.7 Å². The number of carbonyl (C=O) groups is 3. The Balaban J connectivity index is 1.20. The predicted octanol–water partition coefficient (Wildman–Crippen LogP) is 2.87. The van der Waals surface area contributed by atoms with E-state index in [1.54, 1.807) is 28.0 Å². The summed E-state index contributed by atoms with van der Waals surface area (Å²) in [6.07, 6.45) is 3.96. The van der Waals surface area contributed by atoms with Gasteiger partial charge in [0.25, 0.3) is 11.8 Å². The van der Waals surface area contributed by atoms with Crippen LogP contribution in [0.5, 0.6) is 5.75 Å². The molecule has 3 fully saturated rings. The molecule has 7 heteroatoms. The fourth-order valence-electron chi connectivity index (χ4n) is 4.31. The highest BCUT2D eigenvalue weighted by Crippen LogP contribution is 2.37. The van der Waals surface area contributed by atoms with E-state index in [0.29, 0.717) is 50.3 Å². The summed E-state index contributed by atoms with van der Waals surface area (Å²) in [4.78, 5) is 40.7. The standard InChI is InChI=1S/C26H28N2O5/c29-23(27-13-15-28(16-14-27)25(31)26(32)11-12-26)19-9-7-18(8-10-19)21-5-2-6-22(17-21)33-24(30)20-3-1-4-20/h2,5-10,17,20,32H,1,3-4,11-16H2. The molecule has 2 saturated carbocycles. The third kappa shape index (κ3) is 4.50. The smallest absolute Gasteiger partial charge is 0.314 e. The largest absolute Gasteiger partial charge is 0.426 e. The van der Waals surface area contributed by atoms with Crippen molar-refractivity contribution < 1.29 is 24.2 Å². The molecule has 0 unspecified atom stereocenters. The number of hydrogen-bond acceptors (Lipinski definition) is 5. The van der Waals surface area contributed by atoms with E-state index >= 15 is 0 Å². The molecule has 7 nitrogen and oxygen atoms in total. The van der Waals surface area contributed by atoms with E-state index in [2.05, 4.69) is 0 Å². The molecule has 3 aliphatic rings. The van der Waals surface area contributed by atoms with Crippen molar-refractivity contribution in [2.45, 2.75) is 37.7 Å². The van der Waals surface area contributed by atoms with E-state index < -0.39 is 5.60 Å². The van der Waals surface area contributed by atoms with Crippen LogP contribution in [0.2, 0.25) is 0 Å². The minimum atomic E-state index is -1.16.